The highest BCUT2D eigenvalue weighted by Gasteiger charge is 2.41. The fourth-order valence-electron chi connectivity index (χ4n) is 16.1. The predicted octanol–water partition coefficient (Wildman–Crippen LogP) is 24.1. The molecule has 0 nitrogen and oxygen atoms in total. The number of benzene rings is 9. The van der Waals surface area contributed by atoms with Gasteiger partial charge in [-0.1, -0.05) is 316 Å². The highest BCUT2D eigenvalue weighted by atomic mass is 14.4. The van der Waals surface area contributed by atoms with Gasteiger partial charge in [0.25, 0.3) is 0 Å². The molecule has 0 radical (unpaired) electrons. The number of hydrogen-bond acceptors (Lipinski definition) is 0. The second kappa shape index (κ2) is 20.6. The molecule has 0 bridgehead atoms. The molecule has 0 heteroatoms. The molecule has 8 aliphatic rings. The van der Waals surface area contributed by atoms with Gasteiger partial charge < -0.3 is 0 Å². The summed E-state index contributed by atoms with van der Waals surface area (Å²) in [6.07, 6.45) is 32.1. The number of rotatable bonds is 8. The Bertz CT molecular complexity index is 4940. The fourth-order valence-corrected chi connectivity index (χ4v) is 16.1. The summed E-state index contributed by atoms with van der Waals surface area (Å²) in [5.74, 6) is 1.08. The second-order valence-electron chi connectivity index (χ2n) is 29.2. The predicted molar refractivity (Wildman–Crippen MR) is 385 cm³/mol. The molecule has 0 saturated heterocycles. The van der Waals surface area contributed by atoms with Crippen LogP contribution < -0.4 is 0 Å². The van der Waals surface area contributed by atoms with Crippen molar-refractivity contribution in [3.8, 4) is 89.0 Å². The SMILES string of the molecule is CC(C)(C)C1=CC2=CCc3c(-c4ccc(-c5ccc(-c6ccc(-c7ccc8c(c7)C(C)(C)c7cc(-c9ccc(-c%10ccc(-c%11ccc(C%12=CC=C%13C=CC%14=CC(C(C)(C)C)=CC%15=CC=C%12C%13C%15%14)cc%11)cc%10)cc9)ccc7-8)cc6)cc5)cc4)ccc4c3C2C(=C1)C=C4. The van der Waals surface area contributed by atoms with E-state index in [-0.39, 0.29) is 16.2 Å². The Balaban J connectivity index is 0.547. The van der Waals surface area contributed by atoms with Crippen LogP contribution in [0.15, 0.2) is 312 Å². The maximum Gasteiger partial charge on any atom is 0.0346 e. The summed E-state index contributed by atoms with van der Waals surface area (Å²) >= 11 is 0. The zero-order chi connectivity index (χ0) is 61.7. The zero-order valence-corrected chi connectivity index (χ0v) is 53.4. The van der Waals surface area contributed by atoms with Gasteiger partial charge >= 0.3 is 0 Å². The minimum atomic E-state index is -0.147. The smallest absolute Gasteiger partial charge is 0.0346 e. The van der Waals surface area contributed by atoms with Crippen molar-refractivity contribution < 1.29 is 0 Å². The van der Waals surface area contributed by atoms with Crippen LogP contribution in [0.1, 0.15) is 94.7 Å². The van der Waals surface area contributed by atoms with Crippen molar-refractivity contribution in [2.24, 2.45) is 22.7 Å². The number of hydrogen-bond donors (Lipinski definition) is 0. The minimum absolute atomic E-state index is 0.117. The molecule has 0 amide bonds. The lowest BCUT2D eigenvalue weighted by Crippen LogP contribution is -2.30. The lowest BCUT2D eigenvalue weighted by Gasteiger charge is -2.42. The normalized spacial score (nSPS) is 19.2. The Hall–Kier alpha value is -9.88. The van der Waals surface area contributed by atoms with Crippen LogP contribution in [0.3, 0.4) is 0 Å². The lowest BCUT2D eigenvalue weighted by atomic mass is 9.61. The minimum Gasteiger partial charge on any atom is -0.0759 e. The Morgan fingerprint density at radius 1 is 0.330 bits per heavy atom. The molecular weight excluding hydrogens is 1090 g/mol. The third-order valence-corrected chi connectivity index (χ3v) is 21.4. The summed E-state index contributed by atoms with van der Waals surface area (Å²) in [5.41, 5.74) is 41.3. The third kappa shape index (κ3) is 9.23. The molecule has 0 saturated carbocycles. The average Bonchev–Trinajstić information content (AvgIpc) is 1.67. The monoisotopic (exact) mass is 1170 g/mol. The first-order valence-electron chi connectivity index (χ1n) is 32.9. The molecule has 9 aromatic rings. The van der Waals surface area contributed by atoms with E-state index in [9.17, 15) is 0 Å². The van der Waals surface area contributed by atoms with Gasteiger partial charge in [0.1, 0.15) is 0 Å². The molecule has 0 spiro atoms. The van der Waals surface area contributed by atoms with E-state index in [4.69, 9.17) is 0 Å². The lowest BCUT2D eigenvalue weighted by molar-refractivity contribution is 0.500. The van der Waals surface area contributed by atoms with Gasteiger partial charge in [0.15, 0.2) is 0 Å². The van der Waals surface area contributed by atoms with Gasteiger partial charge in [0, 0.05) is 23.2 Å². The number of fused-ring (bicyclic) bond motifs is 3. The van der Waals surface area contributed by atoms with E-state index in [2.05, 4.69) is 329 Å². The van der Waals surface area contributed by atoms with E-state index in [1.165, 1.54) is 173 Å². The molecule has 0 aliphatic heterocycles. The van der Waals surface area contributed by atoms with Crippen LogP contribution in [-0.4, -0.2) is 0 Å². The molecule has 91 heavy (non-hydrogen) atoms. The average molecular weight is 1170 g/mol. The van der Waals surface area contributed by atoms with Crippen LogP contribution in [0, 0.1) is 22.7 Å². The van der Waals surface area contributed by atoms with Crippen LogP contribution >= 0.6 is 0 Å². The van der Waals surface area contributed by atoms with Gasteiger partial charge in [-0.05, 0) is 202 Å². The van der Waals surface area contributed by atoms with Crippen LogP contribution in [0.2, 0.25) is 0 Å². The van der Waals surface area contributed by atoms with Gasteiger partial charge in [-0.15, -0.1) is 0 Å². The molecule has 438 valence electrons. The standard InChI is InChI=1S/C91H74/c1-89(2,3)75-49-71-35-33-67-37-43-77(81-47-41-73(51-75)85(71)87(67)81)65-29-25-61(26-30-65)57-13-9-55(10-14-57)59-17-21-63(22-18-59)69-39-45-79-80-46-40-70(54-84(80)91(7,8)83(79)53-69)64-23-19-60(20-24-64)56-11-15-58(16-12-56)62-27-31-66(32-28-62)78-44-38-68-34-36-72-50-76(90(4,5)6)52-74-42-48-82(78)88(68)86(72)74/h9-47,49-54,85-87H,48H2,1-8H3. The Labute approximate surface area is 538 Å². The zero-order valence-electron chi connectivity index (χ0n) is 53.4. The van der Waals surface area contributed by atoms with Gasteiger partial charge in [-0.2, -0.15) is 0 Å². The molecule has 3 atom stereocenters. The molecule has 3 unspecified atom stereocenters. The highest BCUT2D eigenvalue weighted by Crippen LogP contribution is 2.56. The maximum atomic E-state index is 2.49. The van der Waals surface area contributed by atoms with Crippen LogP contribution in [0.5, 0.6) is 0 Å². The van der Waals surface area contributed by atoms with Crippen LogP contribution in [-0.2, 0) is 11.8 Å². The molecule has 0 aromatic heterocycles. The summed E-state index contributed by atoms with van der Waals surface area (Å²) in [4.78, 5) is 0. The van der Waals surface area contributed by atoms with Gasteiger partial charge in [0.05, 0.1) is 0 Å². The largest absolute Gasteiger partial charge is 0.0759 e. The first kappa shape index (κ1) is 55.2. The number of allylic oxidation sites excluding steroid dienone is 21. The molecule has 9 aromatic carbocycles. The van der Waals surface area contributed by atoms with E-state index in [1.54, 1.807) is 0 Å². The van der Waals surface area contributed by atoms with Gasteiger partial charge in [0.2, 0.25) is 0 Å². The summed E-state index contributed by atoms with van der Waals surface area (Å²) in [6, 6.07) is 73.7. The third-order valence-electron chi connectivity index (χ3n) is 21.4. The second-order valence-corrected chi connectivity index (χ2v) is 29.2. The van der Waals surface area contributed by atoms with E-state index < -0.39 is 0 Å². The van der Waals surface area contributed by atoms with Crippen molar-refractivity contribution in [1.29, 1.82) is 0 Å². The first-order valence-corrected chi connectivity index (χ1v) is 32.9. The summed E-state index contributed by atoms with van der Waals surface area (Å²) in [5, 5.41) is 0. The van der Waals surface area contributed by atoms with Crippen LogP contribution in [0.25, 0.3) is 101 Å². The van der Waals surface area contributed by atoms with Crippen molar-refractivity contribution in [3.05, 3.63) is 345 Å². The molecule has 0 heterocycles. The Morgan fingerprint density at radius 2 is 0.725 bits per heavy atom. The van der Waals surface area contributed by atoms with E-state index in [0.29, 0.717) is 17.8 Å². The topological polar surface area (TPSA) is 0 Å². The Morgan fingerprint density at radius 3 is 1.22 bits per heavy atom. The van der Waals surface area contributed by atoms with Crippen molar-refractivity contribution in [1.82, 2.24) is 0 Å². The quantitative estimate of drug-likeness (QED) is 0.142. The maximum absolute atomic E-state index is 2.49. The highest BCUT2D eigenvalue weighted by molar-refractivity contribution is 5.89. The fraction of sp³-hybridized carbons (Fsp3) is 0.165. The van der Waals surface area contributed by atoms with Crippen molar-refractivity contribution in [3.63, 3.8) is 0 Å². The van der Waals surface area contributed by atoms with E-state index in [1.807, 2.05) is 0 Å². The van der Waals surface area contributed by atoms with Gasteiger partial charge in [-0.3, -0.25) is 0 Å². The summed E-state index contributed by atoms with van der Waals surface area (Å²) < 4.78 is 0. The van der Waals surface area contributed by atoms with Crippen LogP contribution in [0.4, 0.5) is 0 Å². The summed E-state index contributed by atoms with van der Waals surface area (Å²) in [7, 11) is 0. The van der Waals surface area contributed by atoms with Crippen molar-refractivity contribution >= 4 is 11.6 Å². The van der Waals surface area contributed by atoms with E-state index >= 15 is 0 Å². The molecule has 0 fully saturated rings. The molecular formula is C91H74. The summed E-state index contributed by atoms with van der Waals surface area (Å²) in [6.45, 7) is 18.7. The Kier molecular flexibility index (Phi) is 12.5. The van der Waals surface area contributed by atoms with Gasteiger partial charge in [-0.25, -0.2) is 0 Å². The van der Waals surface area contributed by atoms with E-state index in [0.717, 1.165) is 6.42 Å². The molecule has 8 aliphatic carbocycles. The molecule has 0 N–H and O–H groups in total. The van der Waals surface area contributed by atoms with Crippen molar-refractivity contribution in [2.45, 2.75) is 73.1 Å². The molecule has 17 rings (SSSR count). The van der Waals surface area contributed by atoms with Crippen molar-refractivity contribution in [2.75, 3.05) is 0 Å². The first-order chi connectivity index (χ1) is 44.1.